The summed E-state index contributed by atoms with van der Waals surface area (Å²) in [4.78, 5) is 8.15. The van der Waals surface area contributed by atoms with Crippen LogP contribution in [0.5, 0.6) is 5.88 Å². The Morgan fingerprint density at radius 1 is 1.44 bits per heavy atom. The molecule has 1 aromatic rings. The lowest BCUT2D eigenvalue weighted by Crippen LogP contribution is -2.21. The molecule has 5 heteroatoms. The zero-order chi connectivity index (χ0) is 11.4. The van der Waals surface area contributed by atoms with Gasteiger partial charge in [-0.15, -0.1) is 0 Å². The second kappa shape index (κ2) is 5.46. The van der Waals surface area contributed by atoms with E-state index in [4.69, 9.17) is 21.1 Å². The molecule has 0 atom stereocenters. The number of nitrogens with zero attached hydrogens (tertiary/aromatic N) is 2. The van der Waals surface area contributed by atoms with Crippen molar-refractivity contribution in [3.05, 3.63) is 17.0 Å². The van der Waals surface area contributed by atoms with Gasteiger partial charge in [-0.3, -0.25) is 0 Å². The highest BCUT2D eigenvalue weighted by Gasteiger charge is 2.14. The van der Waals surface area contributed by atoms with Gasteiger partial charge in [0.15, 0.2) is 0 Å². The van der Waals surface area contributed by atoms with Gasteiger partial charge < -0.3 is 9.47 Å². The summed E-state index contributed by atoms with van der Waals surface area (Å²) in [6.45, 7) is 4.14. The molecule has 0 spiro atoms. The van der Waals surface area contributed by atoms with Crippen molar-refractivity contribution in [1.29, 1.82) is 0 Å². The first-order valence-corrected chi connectivity index (χ1v) is 5.83. The van der Waals surface area contributed by atoms with Crippen molar-refractivity contribution < 1.29 is 9.47 Å². The second-order valence-corrected chi connectivity index (χ2v) is 4.33. The largest absolute Gasteiger partial charge is 0.477 e. The van der Waals surface area contributed by atoms with Crippen LogP contribution in [0.25, 0.3) is 0 Å². The molecule has 0 saturated carbocycles. The van der Waals surface area contributed by atoms with Gasteiger partial charge in [0.1, 0.15) is 11.0 Å². The van der Waals surface area contributed by atoms with Crippen LogP contribution in [0, 0.1) is 12.8 Å². The summed E-state index contributed by atoms with van der Waals surface area (Å²) in [7, 11) is 0. The number of ether oxygens (including phenoxy) is 2. The molecule has 1 aliphatic rings. The Bertz CT molecular complexity index is 334. The SMILES string of the molecule is Cc1nc(Cl)cc(OCC2CCOCC2)n1. The minimum atomic E-state index is 0.425. The molecular formula is C11H15ClN2O2. The van der Waals surface area contributed by atoms with Crippen LogP contribution in [0.15, 0.2) is 6.07 Å². The normalized spacial score (nSPS) is 17.4. The van der Waals surface area contributed by atoms with Crippen LogP contribution in [0.2, 0.25) is 5.15 Å². The Morgan fingerprint density at radius 3 is 2.88 bits per heavy atom. The number of hydrogen-bond donors (Lipinski definition) is 0. The highest BCUT2D eigenvalue weighted by molar-refractivity contribution is 6.29. The molecule has 1 saturated heterocycles. The van der Waals surface area contributed by atoms with E-state index >= 15 is 0 Å². The first-order chi connectivity index (χ1) is 7.74. The number of aromatic nitrogens is 2. The molecule has 1 fully saturated rings. The monoisotopic (exact) mass is 242 g/mol. The van der Waals surface area contributed by atoms with Gasteiger partial charge in [-0.05, 0) is 25.7 Å². The lowest BCUT2D eigenvalue weighted by Gasteiger charge is -2.21. The molecule has 1 aromatic heterocycles. The van der Waals surface area contributed by atoms with Crippen LogP contribution in [-0.2, 0) is 4.74 Å². The van der Waals surface area contributed by atoms with E-state index < -0.39 is 0 Å². The molecule has 0 N–H and O–H groups in total. The Hall–Kier alpha value is -0.870. The van der Waals surface area contributed by atoms with Gasteiger partial charge in [0.2, 0.25) is 5.88 Å². The van der Waals surface area contributed by atoms with Crippen LogP contribution in [-0.4, -0.2) is 29.8 Å². The first-order valence-electron chi connectivity index (χ1n) is 5.46. The minimum absolute atomic E-state index is 0.425. The van der Waals surface area contributed by atoms with Gasteiger partial charge in [0.05, 0.1) is 6.61 Å². The van der Waals surface area contributed by atoms with Crippen molar-refractivity contribution in [3.8, 4) is 5.88 Å². The number of halogens is 1. The molecule has 4 nitrogen and oxygen atoms in total. The third kappa shape index (κ3) is 3.32. The maximum absolute atomic E-state index is 5.82. The van der Waals surface area contributed by atoms with Crippen LogP contribution in [0.3, 0.4) is 0 Å². The molecule has 88 valence electrons. The lowest BCUT2D eigenvalue weighted by molar-refractivity contribution is 0.0490. The summed E-state index contributed by atoms with van der Waals surface area (Å²) >= 11 is 5.82. The summed E-state index contributed by atoms with van der Waals surface area (Å²) in [6.07, 6.45) is 2.11. The molecule has 2 heterocycles. The summed E-state index contributed by atoms with van der Waals surface area (Å²) in [5.41, 5.74) is 0. The molecule has 0 amide bonds. The van der Waals surface area contributed by atoms with Crippen LogP contribution in [0.1, 0.15) is 18.7 Å². The summed E-state index contributed by atoms with van der Waals surface area (Å²) in [5, 5.41) is 0.425. The van der Waals surface area contributed by atoms with Crippen molar-refractivity contribution in [2.75, 3.05) is 19.8 Å². The third-order valence-electron chi connectivity index (χ3n) is 2.59. The smallest absolute Gasteiger partial charge is 0.218 e. The third-order valence-corrected chi connectivity index (χ3v) is 2.78. The molecule has 0 aromatic carbocycles. The van der Waals surface area contributed by atoms with E-state index in [2.05, 4.69) is 9.97 Å². The summed E-state index contributed by atoms with van der Waals surface area (Å²) < 4.78 is 10.9. The fraction of sp³-hybridized carbons (Fsp3) is 0.636. The van der Waals surface area contributed by atoms with Gasteiger partial charge in [-0.1, -0.05) is 11.6 Å². The van der Waals surface area contributed by atoms with Crippen molar-refractivity contribution in [2.24, 2.45) is 5.92 Å². The average molecular weight is 243 g/mol. The van der Waals surface area contributed by atoms with Crippen molar-refractivity contribution in [1.82, 2.24) is 9.97 Å². The van der Waals surface area contributed by atoms with Crippen molar-refractivity contribution >= 4 is 11.6 Å². The number of hydrogen-bond acceptors (Lipinski definition) is 4. The van der Waals surface area contributed by atoms with E-state index in [1.165, 1.54) is 0 Å². The number of aryl methyl sites for hydroxylation is 1. The van der Waals surface area contributed by atoms with Crippen LogP contribution >= 0.6 is 11.6 Å². The van der Waals surface area contributed by atoms with Gasteiger partial charge >= 0.3 is 0 Å². The Kier molecular flexibility index (Phi) is 3.96. The van der Waals surface area contributed by atoms with E-state index in [0.717, 1.165) is 26.1 Å². The highest BCUT2D eigenvalue weighted by Crippen LogP contribution is 2.18. The molecule has 0 radical (unpaired) electrons. The van der Waals surface area contributed by atoms with Gasteiger partial charge in [-0.2, -0.15) is 4.98 Å². The molecular weight excluding hydrogens is 228 g/mol. The molecule has 0 aliphatic carbocycles. The molecule has 0 bridgehead atoms. The zero-order valence-electron chi connectivity index (χ0n) is 9.28. The maximum atomic E-state index is 5.82. The van der Waals surface area contributed by atoms with E-state index in [-0.39, 0.29) is 0 Å². The summed E-state index contributed by atoms with van der Waals surface area (Å²) in [5.74, 6) is 1.75. The van der Waals surface area contributed by atoms with E-state index in [1.807, 2.05) is 0 Å². The fourth-order valence-corrected chi connectivity index (χ4v) is 1.91. The maximum Gasteiger partial charge on any atom is 0.218 e. The quantitative estimate of drug-likeness (QED) is 0.763. The summed E-state index contributed by atoms with van der Waals surface area (Å²) in [6, 6.07) is 1.65. The van der Waals surface area contributed by atoms with Gasteiger partial charge in [0.25, 0.3) is 0 Å². The predicted molar refractivity (Wildman–Crippen MR) is 60.8 cm³/mol. The Balaban J connectivity index is 1.88. The van der Waals surface area contributed by atoms with Gasteiger partial charge in [0, 0.05) is 19.3 Å². The second-order valence-electron chi connectivity index (χ2n) is 3.94. The highest BCUT2D eigenvalue weighted by atomic mass is 35.5. The molecule has 16 heavy (non-hydrogen) atoms. The molecule has 1 aliphatic heterocycles. The lowest BCUT2D eigenvalue weighted by atomic mass is 10.0. The zero-order valence-corrected chi connectivity index (χ0v) is 10.0. The van der Waals surface area contributed by atoms with E-state index in [0.29, 0.717) is 29.4 Å². The minimum Gasteiger partial charge on any atom is -0.477 e. The predicted octanol–water partition coefficient (Wildman–Crippen LogP) is 2.24. The first kappa shape index (κ1) is 11.6. The molecule has 2 rings (SSSR count). The molecule has 0 unspecified atom stereocenters. The van der Waals surface area contributed by atoms with E-state index in [9.17, 15) is 0 Å². The Morgan fingerprint density at radius 2 is 2.19 bits per heavy atom. The van der Waals surface area contributed by atoms with Gasteiger partial charge in [-0.25, -0.2) is 4.98 Å². The van der Waals surface area contributed by atoms with Crippen molar-refractivity contribution in [3.63, 3.8) is 0 Å². The Labute approximate surface area is 99.9 Å². The standard InChI is InChI=1S/C11H15ClN2O2/c1-8-13-10(12)6-11(14-8)16-7-9-2-4-15-5-3-9/h6,9H,2-5,7H2,1H3. The van der Waals surface area contributed by atoms with Crippen LogP contribution < -0.4 is 4.74 Å². The van der Waals surface area contributed by atoms with Crippen molar-refractivity contribution in [2.45, 2.75) is 19.8 Å². The topological polar surface area (TPSA) is 44.2 Å². The fourth-order valence-electron chi connectivity index (χ4n) is 1.70. The van der Waals surface area contributed by atoms with E-state index in [1.54, 1.807) is 13.0 Å². The van der Waals surface area contributed by atoms with Crippen LogP contribution in [0.4, 0.5) is 0 Å². The average Bonchev–Trinajstić information content (AvgIpc) is 2.27. The number of rotatable bonds is 3.